The van der Waals surface area contributed by atoms with Crippen molar-refractivity contribution in [3.63, 3.8) is 0 Å². The number of fused-ring (bicyclic) bond motifs is 12. The van der Waals surface area contributed by atoms with Crippen molar-refractivity contribution in [2.75, 3.05) is 9.80 Å². The van der Waals surface area contributed by atoms with Gasteiger partial charge in [0.05, 0.1) is 5.69 Å². The molecule has 4 nitrogen and oxygen atoms in total. The summed E-state index contributed by atoms with van der Waals surface area (Å²) in [4.78, 5) is 4.98. The van der Waals surface area contributed by atoms with E-state index < -0.39 is 0 Å². The third-order valence-corrected chi connectivity index (χ3v) is 14.4. The first kappa shape index (κ1) is 38.0. The Labute approximate surface area is 389 Å². The molecule has 67 heavy (non-hydrogen) atoms. The number of anilines is 6. The summed E-state index contributed by atoms with van der Waals surface area (Å²) in [5, 5.41) is 7.21. The Morgan fingerprint density at radius 3 is 1.90 bits per heavy atom. The number of furan rings is 1. The summed E-state index contributed by atoms with van der Waals surface area (Å²) in [7, 11) is 0. The highest BCUT2D eigenvalue weighted by molar-refractivity contribution is 6.90. The lowest BCUT2D eigenvalue weighted by molar-refractivity contribution is 0.590. The minimum absolute atomic E-state index is 0.0610. The Morgan fingerprint density at radius 1 is 0.478 bits per heavy atom. The molecule has 2 aliphatic heterocycles. The molecule has 10 aromatic carbocycles. The summed E-state index contributed by atoms with van der Waals surface area (Å²) < 4.78 is 9.76. The van der Waals surface area contributed by atoms with Gasteiger partial charge in [-0.25, -0.2) is 0 Å². The Morgan fingerprint density at radius 2 is 1.15 bits per heavy atom. The summed E-state index contributed by atoms with van der Waals surface area (Å²) in [6.07, 6.45) is 0. The van der Waals surface area contributed by atoms with Gasteiger partial charge >= 0.3 is 6.85 Å². The maximum atomic E-state index is 7.10. The molecule has 0 radical (unpaired) electrons. The van der Waals surface area contributed by atoms with E-state index in [0.717, 1.165) is 56.1 Å². The molecule has 316 valence electrons. The number of aromatic nitrogens is 1. The van der Waals surface area contributed by atoms with Crippen LogP contribution in [0.3, 0.4) is 0 Å². The SMILES string of the molecule is CC(C)(C)c1ccc(N2c3cc(N(c4ccccc4)c4ccccc4)ccc3B3c4c2cc2c(oc5ccccc52)c4-c2cccc4c5cc6ccccc6cc5n3c24)c(-c2ccccc2)c1. The van der Waals surface area contributed by atoms with Gasteiger partial charge in [-0.2, -0.15) is 0 Å². The molecular weight excluding hydrogens is 814 g/mol. The van der Waals surface area contributed by atoms with Gasteiger partial charge in [0.15, 0.2) is 0 Å². The first-order valence-electron chi connectivity index (χ1n) is 23.4. The van der Waals surface area contributed by atoms with Gasteiger partial charge in [-0.15, -0.1) is 0 Å². The van der Waals surface area contributed by atoms with E-state index in [1.54, 1.807) is 0 Å². The van der Waals surface area contributed by atoms with Crippen molar-refractivity contribution in [2.24, 2.45) is 0 Å². The summed E-state index contributed by atoms with van der Waals surface area (Å²) in [5.74, 6) is 0. The molecule has 0 atom stereocenters. The molecule has 0 fully saturated rings. The third kappa shape index (κ3) is 5.55. The number of nitrogens with zero attached hydrogens (tertiary/aromatic N) is 3. The Bertz CT molecular complexity index is 3940. The summed E-state index contributed by atoms with van der Waals surface area (Å²) in [6, 6.07) is 78.3. The van der Waals surface area contributed by atoms with Crippen molar-refractivity contribution in [3.8, 4) is 22.3 Å². The van der Waals surface area contributed by atoms with Crippen molar-refractivity contribution in [1.82, 2.24) is 4.48 Å². The highest BCUT2D eigenvalue weighted by Gasteiger charge is 2.45. The smallest absolute Gasteiger partial charge is 0.333 e. The topological polar surface area (TPSA) is 24.6 Å². The van der Waals surface area contributed by atoms with Gasteiger partial charge in [0, 0.05) is 77.7 Å². The first-order chi connectivity index (χ1) is 32.9. The molecule has 0 bridgehead atoms. The van der Waals surface area contributed by atoms with E-state index in [9.17, 15) is 0 Å². The highest BCUT2D eigenvalue weighted by atomic mass is 16.3. The van der Waals surface area contributed by atoms with Gasteiger partial charge in [0.25, 0.3) is 0 Å². The van der Waals surface area contributed by atoms with Gasteiger partial charge in [-0.3, -0.25) is 0 Å². The molecule has 2 aliphatic rings. The van der Waals surface area contributed by atoms with Crippen LogP contribution >= 0.6 is 0 Å². The fraction of sp³-hybridized carbons (Fsp3) is 0.0645. The minimum Gasteiger partial charge on any atom is -0.455 e. The lowest BCUT2D eigenvalue weighted by Gasteiger charge is -2.42. The highest BCUT2D eigenvalue weighted by Crippen LogP contribution is 2.52. The van der Waals surface area contributed by atoms with Crippen molar-refractivity contribution in [2.45, 2.75) is 26.2 Å². The molecule has 0 aliphatic carbocycles. The number of hydrogen-bond acceptors (Lipinski definition) is 3. The average Bonchev–Trinajstić information content (AvgIpc) is 3.90. The second kappa shape index (κ2) is 14.1. The van der Waals surface area contributed by atoms with Gasteiger partial charge in [-0.05, 0) is 111 Å². The number of hydrogen-bond donors (Lipinski definition) is 0. The van der Waals surface area contributed by atoms with Crippen molar-refractivity contribution >= 4 is 106 Å². The molecule has 4 heterocycles. The van der Waals surface area contributed by atoms with Crippen LogP contribution in [0.15, 0.2) is 217 Å². The zero-order valence-corrected chi connectivity index (χ0v) is 37.5. The molecule has 14 rings (SSSR count). The second-order valence-corrected chi connectivity index (χ2v) is 19.3. The summed E-state index contributed by atoms with van der Waals surface area (Å²) in [6.45, 7) is 6.75. The monoisotopic (exact) mass is 857 g/mol. The Kier molecular flexibility index (Phi) is 8.01. The number of para-hydroxylation sites is 4. The van der Waals surface area contributed by atoms with Crippen LogP contribution in [0.5, 0.6) is 0 Å². The Balaban J connectivity index is 1.16. The van der Waals surface area contributed by atoms with E-state index in [0.29, 0.717) is 0 Å². The molecule has 0 unspecified atom stereocenters. The Hall–Kier alpha value is -8.28. The molecule has 0 saturated heterocycles. The zero-order chi connectivity index (χ0) is 44.5. The third-order valence-electron chi connectivity index (χ3n) is 14.4. The van der Waals surface area contributed by atoms with Crippen LogP contribution < -0.4 is 20.7 Å². The fourth-order valence-electron chi connectivity index (χ4n) is 11.4. The van der Waals surface area contributed by atoms with Gasteiger partial charge in [0.1, 0.15) is 11.2 Å². The lowest BCUT2D eigenvalue weighted by atomic mass is 9.45. The van der Waals surface area contributed by atoms with Gasteiger partial charge < -0.3 is 18.7 Å². The molecule has 0 N–H and O–H groups in total. The molecule has 2 aromatic heterocycles. The molecular formula is C62H44BN3O. The molecule has 0 saturated carbocycles. The van der Waals surface area contributed by atoms with E-state index in [4.69, 9.17) is 4.42 Å². The second-order valence-electron chi connectivity index (χ2n) is 19.3. The quantitative estimate of drug-likeness (QED) is 0.161. The van der Waals surface area contributed by atoms with E-state index in [-0.39, 0.29) is 12.3 Å². The molecule has 0 spiro atoms. The maximum Gasteiger partial charge on any atom is 0.333 e. The largest absolute Gasteiger partial charge is 0.455 e. The van der Waals surface area contributed by atoms with Crippen molar-refractivity contribution < 1.29 is 4.42 Å². The lowest BCUT2D eigenvalue weighted by Crippen LogP contribution is -2.56. The van der Waals surface area contributed by atoms with E-state index >= 15 is 0 Å². The van der Waals surface area contributed by atoms with Crippen molar-refractivity contribution in [3.05, 3.63) is 218 Å². The average molecular weight is 858 g/mol. The van der Waals surface area contributed by atoms with E-state index in [2.05, 4.69) is 247 Å². The molecule has 0 amide bonds. The van der Waals surface area contributed by atoms with Crippen LogP contribution in [-0.4, -0.2) is 11.3 Å². The normalized spacial score (nSPS) is 12.9. The fourth-order valence-corrected chi connectivity index (χ4v) is 11.4. The summed E-state index contributed by atoms with van der Waals surface area (Å²) >= 11 is 0. The molecule has 5 heteroatoms. The zero-order valence-electron chi connectivity index (χ0n) is 37.5. The summed E-state index contributed by atoms with van der Waals surface area (Å²) in [5.41, 5.74) is 19.4. The van der Waals surface area contributed by atoms with Crippen LogP contribution in [0.1, 0.15) is 26.3 Å². The first-order valence-corrected chi connectivity index (χ1v) is 23.4. The minimum atomic E-state index is -0.171. The van der Waals surface area contributed by atoms with Crippen LogP contribution in [0.4, 0.5) is 34.1 Å². The number of benzene rings is 10. The standard InChI is InChI=1S/C62H44BN3O/c1-62(2,3)42-30-33-53(49(36-42)39-18-7-4-8-19-39)65-55-37-45(64(43-22-9-5-10-23-43)44-24-11-6-12-25-44)31-32-52(55)63-59-56(65)38-51-46-26-15-16-29-57(46)67-61(51)58(59)48-28-17-27-47-50-34-40-20-13-14-21-41(40)35-54(50)66(63)60(47)48/h4-38H,1-3H3. The molecule has 12 aromatic rings. The van der Waals surface area contributed by atoms with Crippen LogP contribution in [0, 0.1) is 0 Å². The predicted molar refractivity (Wildman–Crippen MR) is 284 cm³/mol. The van der Waals surface area contributed by atoms with Crippen LogP contribution in [0.25, 0.3) is 76.8 Å². The van der Waals surface area contributed by atoms with Crippen LogP contribution in [-0.2, 0) is 5.41 Å². The van der Waals surface area contributed by atoms with Crippen LogP contribution in [0.2, 0.25) is 0 Å². The van der Waals surface area contributed by atoms with E-state index in [1.165, 1.54) is 71.3 Å². The number of rotatable bonds is 5. The van der Waals surface area contributed by atoms with Crippen molar-refractivity contribution in [1.29, 1.82) is 0 Å². The van der Waals surface area contributed by atoms with Gasteiger partial charge in [0.2, 0.25) is 0 Å². The van der Waals surface area contributed by atoms with Gasteiger partial charge in [-0.1, -0.05) is 160 Å². The van der Waals surface area contributed by atoms with E-state index in [1.807, 2.05) is 0 Å². The predicted octanol–water partition coefficient (Wildman–Crippen LogP) is 15.7. The maximum absolute atomic E-state index is 7.10.